The molecule has 0 saturated carbocycles. The number of benzene rings is 3. The Bertz CT molecular complexity index is 1620. The Morgan fingerprint density at radius 1 is 0.872 bits per heavy atom. The molecule has 0 radical (unpaired) electrons. The molecule has 0 aliphatic carbocycles. The van der Waals surface area contributed by atoms with Gasteiger partial charge in [-0.15, -0.1) is 0 Å². The van der Waals surface area contributed by atoms with Gasteiger partial charge in [-0.25, -0.2) is 9.59 Å². The van der Waals surface area contributed by atoms with Gasteiger partial charge in [0.2, 0.25) is 0 Å². The van der Waals surface area contributed by atoms with Crippen molar-refractivity contribution in [2.75, 3.05) is 0 Å². The van der Waals surface area contributed by atoms with Crippen molar-refractivity contribution in [3.8, 4) is 11.1 Å². The van der Waals surface area contributed by atoms with Crippen LogP contribution in [0.4, 0.5) is 9.59 Å². The molecule has 1 aliphatic rings. The molecule has 0 bridgehead atoms. The molecule has 1 saturated heterocycles. The third-order valence-electron chi connectivity index (χ3n) is 8.56. The first-order valence-electron chi connectivity index (χ1n) is 16.1. The lowest BCUT2D eigenvalue weighted by atomic mass is 9.76. The van der Waals surface area contributed by atoms with Gasteiger partial charge in [0.1, 0.15) is 11.3 Å². The first-order valence-corrected chi connectivity index (χ1v) is 16.1. The van der Waals surface area contributed by atoms with Crippen molar-refractivity contribution in [2.45, 2.75) is 89.3 Å². The number of hydrogen-bond acceptors (Lipinski definition) is 5. The standard InChI is InChI=1S/C39H45N3O5/c1-37(2,3)47-35(43)41-33(23-28-13-8-6-9-14-28)24-34-39(25-29-15-10-7-11-16-29,42(36(44)45)38(4,5)46-34)26-30-18-20-31(21-19-30)32-17-12-22-40-27-32/h6-22,27,33-34H,23-26H2,1-5H3,(H,41,43)(H,44,45)/t33-,34-,39-/m0/s1. The van der Waals surface area contributed by atoms with Crippen LogP contribution in [0.5, 0.6) is 0 Å². The molecule has 3 aromatic carbocycles. The van der Waals surface area contributed by atoms with Gasteiger partial charge in [0.15, 0.2) is 0 Å². The summed E-state index contributed by atoms with van der Waals surface area (Å²) in [5.41, 5.74) is 2.24. The largest absolute Gasteiger partial charge is 0.465 e. The zero-order valence-electron chi connectivity index (χ0n) is 27.9. The Labute approximate surface area is 277 Å². The van der Waals surface area contributed by atoms with E-state index >= 15 is 0 Å². The van der Waals surface area contributed by atoms with E-state index in [-0.39, 0.29) is 0 Å². The Morgan fingerprint density at radius 2 is 1.47 bits per heavy atom. The average molecular weight is 636 g/mol. The molecule has 8 heteroatoms. The predicted octanol–water partition coefficient (Wildman–Crippen LogP) is 7.91. The summed E-state index contributed by atoms with van der Waals surface area (Å²) in [5.74, 6) is 0. The molecular weight excluding hydrogens is 590 g/mol. The van der Waals surface area contributed by atoms with Crippen LogP contribution >= 0.6 is 0 Å². The minimum atomic E-state index is -1.13. The first-order chi connectivity index (χ1) is 22.3. The van der Waals surface area contributed by atoms with E-state index in [2.05, 4.69) is 22.4 Å². The van der Waals surface area contributed by atoms with Gasteiger partial charge >= 0.3 is 12.2 Å². The molecule has 5 rings (SSSR count). The van der Waals surface area contributed by atoms with Gasteiger partial charge in [0.25, 0.3) is 0 Å². The minimum Gasteiger partial charge on any atom is -0.465 e. The van der Waals surface area contributed by atoms with Crippen LogP contribution in [0.3, 0.4) is 0 Å². The zero-order valence-corrected chi connectivity index (χ0v) is 27.9. The van der Waals surface area contributed by atoms with Gasteiger partial charge < -0.3 is 19.9 Å². The Morgan fingerprint density at radius 3 is 2.02 bits per heavy atom. The maximum absolute atomic E-state index is 13.3. The lowest BCUT2D eigenvalue weighted by Crippen LogP contribution is -2.60. The second kappa shape index (κ2) is 14.0. The molecule has 8 nitrogen and oxygen atoms in total. The number of hydrogen-bond donors (Lipinski definition) is 2. The van der Waals surface area contributed by atoms with Crippen LogP contribution in [-0.4, -0.2) is 56.2 Å². The molecule has 1 aromatic heterocycles. The number of nitrogens with one attached hydrogen (secondary N) is 1. The topological polar surface area (TPSA) is 101 Å². The number of carboxylic acid groups (broad SMARTS) is 1. The summed E-state index contributed by atoms with van der Waals surface area (Å²) in [5, 5.41) is 13.9. The maximum atomic E-state index is 13.3. The van der Waals surface area contributed by atoms with E-state index in [1.54, 1.807) is 20.0 Å². The van der Waals surface area contributed by atoms with Crippen molar-refractivity contribution >= 4 is 12.2 Å². The van der Waals surface area contributed by atoms with E-state index < -0.39 is 41.2 Å². The molecule has 0 unspecified atom stereocenters. The van der Waals surface area contributed by atoms with E-state index in [1.807, 2.05) is 112 Å². The van der Waals surface area contributed by atoms with Gasteiger partial charge in [-0.3, -0.25) is 9.88 Å². The molecule has 246 valence electrons. The number of pyridine rings is 1. The second-order valence-electron chi connectivity index (χ2n) is 13.8. The van der Waals surface area contributed by atoms with E-state index in [1.165, 1.54) is 4.90 Å². The van der Waals surface area contributed by atoms with Crippen molar-refractivity contribution < 1.29 is 24.2 Å². The molecule has 2 amide bonds. The van der Waals surface area contributed by atoms with Crippen molar-refractivity contribution in [1.29, 1.82) is 0 Å². The van der Waals surface area contributed by atoms with E-state index in [4.69, 9.17) is 9.47 Å². The second-order valence-corrected chi connectivity index (χ2v) is 13.8. The summed E-state index contributed by atoms with van der Waals surface area (Å²) in [4.78, 5) is 32.2. The fraction of sp³-hybridized carbons (Fsp3) is 0.359. The number of alkyl carbamates (subject to hydrolysis) is 1. The van der Waals surface area contributed by atoms with Crippen molar-refractivity contribution in [3.63, 3.8) is 0 Å². The smallest absolute Gasteiger partial charge is 0.410 e. The molecule has 47 heavy (non-hydrogen) atoms. The van der Waals surface area contributed by atoms with Gasteiger partial charge in [-0.05, 0) is 94.2 Å². The molecule has 1 aliphatic heterocycles. The lowest BCUT2D eigenvalue weighted by Gasteiger charge is -2.43. The normalized spacial score (nSPS) is 19.6. The number of rotatable bonds is 10. The highest BCUT2D eigenvalue weighted by atomic mass is 16.6. The lowest BCUT2D eigenvalue weighted by molar-refractivity contribution is -0.0697. The van der Waals surface area contributed by atoms with Crippen LogP contribution in [0.25, 0.3) is 11.1 Å². The molecule has 3 atom stereocenters. The van der Waals surface area contributed by atoms with Crippen LogP contribution in [-0.2, 0) is 28.7 Å². The monoisotopic (exact) mass is 635 g/mol. The highest BCUT2D eigenvalue weighted by molar-refractivity contribution is 5.69. The van der Waals surface area contributed by atoms with Crippen molar-refractivity contribution in [2.24, 2.45) is 0 Å². The summed E-state index contributed by atoms with van der Waals surface area (Å²) < 4.78 is 12.4. The predicted molar refractivity (Wildman–Crippen MR) is 183 cm³/mol. The fourth-order valence-electron chi connectivity index (χ4n) is 6.80. The number of carbonyl (C=O) groups excluding carboxylic acids is 1. The molecular formula is C39H45N3O5. The Kier molecular flexibility index (Phi) is 10.0. The summed E-state index contributed by atoms with van der Waals surface area (Å²) in [6.07, 6.45) is 3.13. The van der Waals surface area contributed by atoms with Gasteiger partial charge in [-0.1, -0.05) is 91.0 Å². The van der Waals surface area contributed by atoms with E-state index in [9.17, 15) is 14.7 Å². The molecule has 1 fully saturated rings. The highest BCUT2D eigenvalue weighted by Crippen LogP contribution is 2.46. The molecule has 0 spiro atoms. The van der Waals surface area contributed by atoms with Crippen LogP contribution in [0.15, 0.2) is 109 Å². The van der Waals surface area contributed by atoms with E-state index in [0.29, 0.717) is 25.7 Å². The highest BCUT2D eigenvalue weighted by Gasteiger charge is 2.60. The number of ether oxygens (including phenoxy) is 2. The van der Waals surface area contributed by atoms with Gasteiger partial charge in [0.05, 0.1) is 11.6 Å². The van der Waals surface area contributed by atoms with Crippen LogP contribution < -0.4 is 5.32 Å². The number of amides is 2. The fourth-order valence-corrected chi connectivity index (χ4v) is 6.80. The summed E-state index contributed by atoms with van der Waals surface area (Å²) in [6.45, 7) is 9.10. The molecule has 2 N–H and O–H groups in total. The summed E-state index contributed by atoms with van der Waals surface area (Å²) >= 11 is 0. The van der Waals surface area contributed by atoms with Gasteiger partial charge in [0, 0.05) is 18.4 Å². The Hall–Kier alpha value is -4.69. The summed E-state index contributed by atoms with van der Waals surface area (Å²) in [7, 11) is 0. The van der Waals surface area contributed by atoms with Crippen molar-refractivity contribution in [3.05, 3.63) is 126 Å². The first kappa shape index (κ1) is 33.7. The average Bonchev–Trinajstić information content (AvgIpc) is 3.22. The molecule has 2 heterocycles. The SMILES string of the molecule is CC(C)(C)OC(=O)N[C@@H](Cc1ccccc1)C[C@@H]1OC(C)(C)N(C(=O)O)[C@@]1(Cc1ccccc1)Cc1ccc(-c2cccnc2)cc1. The summed E-state index contributed by atoms with van der Waals surface area (Å²) in [6, 6.07) is 31.6. The number of carbonyl (C=O) groups is 2. The van der Waals surface area contributed by atoms with Crippen LogP contribution in [0.1, 0.15) is 57.7 Å². The number of nitrogens with zero attached hydrogens (tertiary/aromatic N) is 2. The van der Waals surface area contributed by atoms with Crippen LogP contribution in [0, 0.1) is 0 Å². The number of aromatic nitrogens is 1. The Balaban J connectivity index is 1.56. The van der Waals surface area contributed by atoms with Crippen molar-refractivity contribution in [1.82, 2.24) is 15.2 Å². The third-order valence-corrected chi connectivity index (χ3v) is 8.56. The van der Waals surface area contributed by atoms with Gasteiger partial charge in [-0.2, -0.15) is 0 Å². The quantitative estimate of drug-likeness (QED) is 0.184. The maximum Gasteiger partial charge on any atom is 0.410 e. The minimum absolute atomic E-state index is 0.363. The van der Waals surface area contributed by atoms with E-state index in [0.717, 1.165) is 27.8 Å². The molecule has 4 aromatic rings. The third kappa shape index (κ3) is 8.37. The van der Waals surface area contributed by atoms with Crippen LogP contribution in [0.2, 0.25) is 0 Å². The zero-order chi connectivity index (χ0) is 33.7.